The number of rotatable bonds is 14. The number of hydrogen-bond donors (Lipinski definition) is 3. The smallest absolute Gasteiger partial charge is 0.264 e. The Kier molecular flexibility index (Phi) is 11.8. The third-order valence-corrected chi connectivity index (χ3v) is 12.5. The molecule has 8 rings (SSSR count). The van der Waals surface area contributed by atoms with E-state index in [0.29, 0.717) is 42.0 Å². The van der Waals surface area contributed by atoms with Crippen molar-refractivity contribution in [3.8, 4) is 10.8 Å². The summed E-state index contributed by atoms with van der Waals surface area (Å²) in [5.41, 5.74) is 5.56. The number of nitrogens with zero attached hydrogens (tertiary/aromatic N) is 5. The third kappa shape index (κ3) is 8.30. The highest BCUT2D eigenvalue weighted by molar-refractivity contribution is 7.15. The van der Waals surface area contributed by atoms with E-state index in [1.807, 2.05) is 66.9 Å². The van der Waals surface area contributed by atoms with Crippen LogP contribution in [0, 0.1) is 20.8 Å². The largest absolute Gasteiger partial charge is 0.491 e. The van der Waals surface area contributed by atoms with Crippen LogP contribution in [-0.2, 0) is 19.1 Å². The number of hydrogen-bond acceptors (Lipinski definition) is 12. The van der Waals surface area contributed by atoms with E-state index in [2.05, 4.69) is 40.0 Å². The highest BCUT2D eigenvalue weighted by Gasteiger charge is 2.45. The molecule has 5 heterocycles. The summed E-state index contributed by atoms with van der Waals surface area (Å²) in [6.45, 7) is 9.24. The van der Waals surface area contributed by atoms with Crippen LogP contribution in [0.2, 0.25) is 5.02 Å². The number of piperidine rings is 1. The maximum absolute atomic E-state index is 13.7. The molecule has 5 amide bonds. The number of anilines is 1. The molecule has 3 N–H and O–H groups in total. The number of halogens is 1. The molecule has 3 aliphatic heterocycles. The van der Waals surface area contributed by atoms with Crippen molar-refractivity contribution in [2.24, 2.45) is 4.99 Å². The van der Waals surface area contributed by atoms with Crippen molar-refractivity contribution < 1.29 is 33.4 Å². The lowest BCUT2D eigenvalue weighted by atomic mass is 9.99. The fraction of sp³-hybridized carbons (Fsp3) is 0.318. The molecule has 0 aliphatic carbocycles. The van der Waals surface area contributed by atoms with Gasteiger partial charge in [0.25, 0.3) is 11.8 Å². The van der Waals surface area contributed by atoms with Crippen LogP contribution < -0.4 is 20.7 Å². The van der Waals surface area contributed by atoms with Crippen LogP contribution in [0.4, 0.5) is 5.69 Å². The fourth-order valence-electron chi connectivity index (χ4n) is 7.79. The summed E-state index contributed by atoms with van der Waals surface area (Å²) < 4.78 is 13.6. The number of ether oxygens (including phenoxy) is 2. The molecule has 1 fully saturated rings. The molecule has 5 aromatic rings. The Morgan fingerprint density at radius 2 is 1.72 bits per heavy atom. The maximum atomic E-state index is 13.7. The Labute approximate surface area is 360 Å². The number of benzene rings is 3. The average molecular weight is 863 g/mol. The molecule has 3 aliphatic rings. The van der Waals surface area contributed by atoms with Gasteiger partial charge in [-0.05, 0) is 81.6 Å². The van der Waals surface area contributed by atoms with Crippen LogP contribution in [-0.4, -0.2) is 87.3 Å². The zero-order valence-electron chi connectivity index (χ0n) is 33.9. The lowest BCUT2D eigenvalue weighted by Gasteiger charge is -2.27. The molecule has 1 unspecified atom stereocenters. The summed E-state index contributed by atoms with van der Waals surface area (Å²) in [6.07, 6.45) is 0.207. The predicted molar refractivity (Wildman–Crippen MR) is 229 cm³/mol. The molecule has 1 saturated heterocycles. The monoisotopic (exact) mass is 862 g/mol. The van der Waals surface area contributed by atoms with Crippen molar-refractivity contribution >= 4 is 63.9 Å². The number of carbonyl (C=O) groups excluding carboxylic acids is 5. The number of carbonyl (C=O) groups is 5. The van der Waals surface area contributed by atoms with Crippen molar-refractivity contribution in [3.05, 3.63) is 122 Å². The lowest BCUT2D eigenvalue weighted by molar-refractivity contribution is -0.136. The molecule has 17 heteroatoms. The van der Waals surface area contributed by atoms with Gasteiger partial charge in [0, 0.05) is 39.7 Å². The van der Waals surface area contributed by atoms with Gasteiger partial charge in [0.05, 0.1) is 42.5 Å². The first kappa shape index (κ1) is 41.5. The van der Waals surface area contributed by atoms with E-state index < -0.39 is 35.7 Å². The normalized spacial score (nSPS) is 17.5. The van der Waals surface area contributed by atoms with E-state index in [4.69, 9.17) is 26.1 Å². The number of fused-ring (bicyclic) bond motifs is 4. The van der Waals surface area contributed by atoms with Gasteiger partial charge in [-0.3, -0.25) is 43.7 Å². The summed E-state index contributed by atoms with van der Waals surface area (Å²) in [5, 5.41) is 19.0. The van der Waals surface area contributed by atoms with Crippen LogP contribution in [0.15, 0.2) is 71.7 Å². The molecular weight excluding hydrogens is 820 g/mol. The molecule has 0 bridgehead atoms. The van der Waals surface area contributed by atoms with Gasteiger partial charge >= 0.3 is 0 Å². The minimum atomic E-state index is -1.03. The van der Waals surface area contributed by atoms with Gasteiger partial charge in [0.15, 0.2) is 5.82 Å². The number of nitrogens with one attached hydrogen (secondary N) is 3. The number of imide groups is 2. The third-order valence-electron chi connectivity index (χ3n) is 11.0. The number of aliphatic imine (C=N–C) groups is 1. The molecule has 0 saturated carbocycles. The van der Waals surface area contributed by atoms with E-state index in [1.54, 1.807) is 29.5 Å². The zero-order valence-corrected chi connectivity index (χ0v) is 35.5. The van der Waals surface area contributed by atoms with Crippen LogP contribution in [0.1, 0.15) is 97.8 Å². The van der Waals surface area contributed by atoms with Crippen LogP contribution in [0.25, 0.3) is 5.00 Å². The highest BCUT2D eigenvalue weighted by atomic mass is 35.5. The zero-order chi connectivity index (χ0) is 42.9. The Hall–Kier alpha value is -6.23. The van der Waals surface area contributed by atoms with E-state index >= 15 is 0 Å². The Balaban J connectivity index is 0.821. The molecule has 15 nitrogen and oxygen atoms in total. The minimum absolute atomic E-state index is 0.0518. The molecule has 3 atom stereocenters. The molecule has 0 spiro atoms. The van der Waals surface area contributed by atoms with Crippen molar-refractivity contribution in [2.45, 2.75) is 65.1 Å². The predicted octanol–water partition coefficient (Wildman–Crippen LogP) is 5.98. The van der Waals surface area contributed by atoms with Crippen molar-refractivity contribution in [1.82, 2.24) is 30.3 Å². The first-order valence-corrected chi connectivity index (χ1v) is 21.1. The molecular formula is C44H43ClN8O7S. The fourth-order valence-corrected chi connectivity index (χ4v) is 9.13. The molecule has 2 aromatic heterocycles. The minimum Gasteiger partial charge on any atom is -0.491 e. The summed E-state index contributed by atoms with van der Waals surface area (Å²) in [5.74, 6) is -0.420. The number of aryl methyl sites for hydroxylation is 2. The Bertz CT molecular complexity index is 2590. The first-order chi connectivity index (χ1) is 29.4. The standard InChI is InChI=1S/C44H43ClN8O7S/c1-23-25(3)61-44-37(23)39(28-8-12-29(45)13-9-28)48-33(40-51-50-26(4)52(40)44)22-36(55)47-24(2)27-10-14-30(15-11-27)60-21-20-59-19-18-46-32-7-5-6-31-38(32)43(58)53(42(31)57)34-16-17-35(54)49-41(34)56/h5-15,24,33-34,46H,16-22H2,1-4H3,(H,47,55)(H,49,54,56)/t24-,33+,34?/m1/s1. The van der Waals surface area contributed by atoms with Crippen molar-refractivity contribution in [1.29, 1.82) is 0 Å². The molecule has 0 radical (unpaired) electrons. The topological polar surface area (TPSA) is 186 Å². The number of aromatic nitrogens is 3. The van der Waals surface area contributed by atoms with Crippen LogP contribution in [0.5, 0.6) is 5.75 Å². The van der Waals surface area contributed by atoms with Gasteiger partial charge in [-0.1, -0.05) is 41.9 Å². The summed E-state index contributed by atoms with van der Waals surface area (Å²) in [4.78, 5) is 71.4. The summed E-state index contributed by atoms with van der Waals surface area (Å²) >= 11 is 7.91. The van der Waals surface area contributed by atoms with Crippen molar-refractivity contribution in [2.75, 3.05) is 31.7 Å². The Morgan fingerprint density at radius 3 is 2.48 bits per heavy atom. The van der Waals surface area contributed by atoms with E-state index in [0.717, 1.165) is 43.7 Å². The SMILES string of the molecule is Cc1sc2c(c1C)C(c1ccc(Cl)cc1)=N[C@@H](CC(=O)N[C@H](C)c1ccc(OCCOCCNc3cccc4c3C(=O)N(C3CCC(=O)NC3=O)C4=O)cc1)c1nnc(C)n1-2. The average Bonchev–Trinajstić information content (AvgIpc) is 3.82. The van der Waals surface area contributed by atoms with Crippen LogP contribution >= 0.6 is 22.9 Å². The number of amides is 5. The molecule has 3 aromatic carbocycles. The number of thiophene rings is 1. The second-order valence-corrected chi connectivity index (χ2v) is 16.7. The maximum Gasteiger partial charge on any atom is 0.264 e. The van der Waals surface area contributed by atoms with E-state index in [1.165, 1.54) is 4.88 Å². The summed E-state index contributed by atoms with van der Waals surface area (Å²) in [6, 6.07) is 18.1. The highest BCUT2D eigenvalue weighted by Crippen LogP contribution is 2.40. The molecule has 61 heavy (non-hydrogen) atoms. The quantitative estimate of drug-likeness (QED) is 0.0887. The lowest BCUT2D eigenvalue weighted by Crippen LogP contribution is -2.54. The first-order valence-electron chi connectivity index (χ1n) is 19.9. The van der Waals surface area contributed by atoms with Gasteiger partial charge < -0.3 is 20.1 Å². The van der Waals surface area contributed by atoms with E-state index in [-0.39, 0.29) is 48.9 Å². The second kappa shape index (κ2) is 17.4. The second-order valence-electron chi connectivity index (χ2n) is 15.0. The molecule has 314 valence electrons. The Morgan fingerprint density at radius 1 is 0.951 bits per heavy atom. The van der Waals surface area contributed by atoms with Crippen molar-refractivity contribution in [3.63, 3.8) is 0 Å². The van der Waals surface area contributed by atoms with Gasteiger partial charge in [-0.15, -0.1) is 21.5 Å². The van der Waals surface area contributed by atoms with E-state index in [9.17, 15) is 24.0 Å². The van der Waals surface area contributed by atoms with Gasteiger partial charge in [-0.25, -0.2) is 0 Å². The van der Waals surface area contributed by atoms with Gasteiger partial charge in [0.2, 0.25) is 17.7 Å². The summed E-state index contributed by atoms with van der Waals surface area (Å²) in [7, 11) is 0. The van der Waals surface area contributed by atoms with Gasteiger partial charge in [0.1, 0.15) is 35.3 Å². The van der Waals surface area contributed by atoms with Gasteiger partial charge in [-0.2, -0.15) is 0 Å². The van der Waals surface area contributed by atoms with Crippen LogP contribution in [0.3, 0.4) is 0 Å².